The normalized spacial score (nSPS) is 11.9. The van der Waals surface area contributed by atoms with Gasteiger partial charge in [-0.1, -0.05) is 14.4 Å². The fraction of sp³-hybridized carbons (Fsp3) is 0.909. The van der Waals surface area contributed by atoms with Crippen LogP contribution >= 0.6 is 0 Å². The van der Waals surface area contributed by atoms with E-state index in [-0.39, 0.29) is 25.2 Å². The molecule has 0 aromatic rings. The zero-order valence-electron chi connectivity index (χ0n) is 11.1. The highest BCUT2D eigenvalue weighted by atomic mass is 32.2. The first-order valence-corrected chi connectivity index (χ1v) is 7.04. The lowest BCUT2D eigenvalue weighted by atomic mass is 10.3. The minimum Gasteiger partial charge on any atom is -0.465 e. The Morgan fingerprint density at radius 1 is 1.33 bits per heavy atom. The minimum absolute atomic E-state index is 0. The van der Waals surface area contributed by atoms with Crippen molar-refractivity contribution in [1.82, 2.24) is 4.90 Å². The van der Waals surface area contributed by atoms with Crippen LogP contribution in [-0.4, -0.2) is 56.3 Å². The van der Waals surface area contributed by atoms with Gasteiger partial charge < -0.3 is 4.74 Å². The predicted octanol–water partition coefficient (Wildman–Crippen LogP) is 1.42. The molecule has 0 bridgehead atoms. The highest BCUT2D eigenvalue weighted by Gasteiger charge is 2.15. The summed E-state index contributed by atoms with van der Waals surface area (Å²) in [5, 5.41) is 0. The summed E-state index contributed by atoms with van der Waals surface area (Å²) >= 11 is 0. The Bertz CT molecular complexity index is 301. The highest BCUT2D eigenvalue weighted by molar-refractivity contribution is 7.85. The van der Waals surface area contributed by atoms with E-state index in [1.54, 1.807) is 0 Å². The van der Waals surface area contributed by atoms with Crippen LogP contribution in [0.4, 0.5) is 0 Å². The van der Waals surface area contributed by atoms with E-state index in [9.17, 15) is 13.2 Å². The van der Waals surface area contributed by atoms with Crippen LogP contribution in [0.2, 0.25) is 0 Å². The summed E-state index contributed by atoms with van der Waals surface area (Å²) in [4.78, 5) is 12.9. The van der Waals surface area contributed by atoms with Gasteiger partial charge in [0.1, 0.15) is 6.04 Å². The van der Waals surface area contributed by atoms with E-state index in [0.29, 0.717) is 6.61 Å². The molecule has 0 aromatic carbocycles. The fourth-order valence-electron chi connectivity index (χ4n) is 0.534. The van der Waals surface area contributed by atoms with Crippen molar-refractivity contribution in [2.45, 2.75) is 40.7 Å². The van der Waals surface area contributed by atoms with Crippen LogP contribution < -0.4 is 0 Å². The van der Waals surface area contributed by atoms with Gasteiger partial charge in [0, 0.05) is 0 Å². The number of hydrogen-bond donors (Lipinski definition) is 1. The van der Waals surface area contributed by atoms with E-state index in [4.69, 9.17) is 9.29 Å². The molecule has 0 aliphatic heterocycles. The second kappa shape index (κ2) is 11.4. The first-order chi connectivity index (χ1) is 7.65. The number of esters is 1. The molecular formula is C11H27NO5S. The number of carbonyl (C=O) groups excluding carboxylic acids is 1. The van der Waals surface area contributed by atoms with E-state index in [1.165, 1.54) is 6.92 Å². The van der Waals surface area contributed by atoms with Gasteiger partial charge in [0.25, 0.3) is 10.1 Å². The number of hydrogen-bond acceptors (Lipinski definition) is 5. The Labute approximate surface area is 111 Å². The predicted molar refractivity (Wildman–Crippen MR) is 73.2 cm³/mol. The van der Waals surface area contributed by atoms with E-state index >= 15 is 0 Å². The number of ether oxygens (including phenoxy) is 1. The maximum absolute atomic E-state index is 11.1. The van der Waals surface area contributed by atoms with Crippen LogP contribution in [0.3, 0.4) is 0 Å². The van der Waals surface area contributed by atoms with E-state index in [2.05, 4.69) is 0 Å². The lowest BCUT2D eigenvalue weighted by Crippen LogP contribution is -2.34. The SMILES string of the molecule is C.CCCOC(=O)C(C)N(C)C.CCS(=O)(=O)O. The van der Waals surface area contributed by atoms with Gasteiger partial charge in [0.15, 0.2) is 0 Å². The van der Waals surface area contributed by atoms with Gasteiger partial charge in [-0.05, 0) is 34.4 Å². The van der Waals surface area contributed by atoms with Crippen LogP contribution in [-0.2, 0) is 19.6 Å². The Kier molecular flexibility index (Phi) is 14.3. The summed E-state index contributed by atoms with van der Waals surface area (Å²) < 4.78 is 31.8. The number of nitrogens with zero attached hydrogens (tertiary/aromatic N) is 1. The minimum atomic E-state index is -3.66. The second-order valence-electron chi connectivity index (χ2n) is 3.68. The molecule has 0 heterocycles. The van der Waals surface area contributed by atoms with Crippen molar-refractivity contribution in [1.29, 1.82) is 0 Å². The van der Waals surface area contributed by atoms with Gasteiger partial charge in [0.05, 0.1) is 12.4 Å². The molecule has 0 saturated heterocycles. The van der Waals surface area contributed by atoms with Crippen LogP contribution in [0.25, 0.3) is 0 Å². The molecular weight excluding hydrogens is 258 g/mol. The van der Waals surface area contributed by atoms with E-state index in [0.717, 1.165) is 6.42 Å². The fourth-order valence-corrected chi connectivity index (χ4v) is 0.534. The Balaban J connectivity index is -0.000000277. The third-order valence-electron chi connectivity index (χ3n) is 1.93. The van der Waals surface area contributed by atoms with Crippen LogP contribution in [0.15, 0.2) is 0 Å². The van der Waals surface area contributed by atoms with Crippen molar-refractivity contribution in [3.8, 4) is 0 Å². The molecule has 1 N–H and O–H groups in total. The molecule has 1 unspecified atom stereocenters. The van der Waals surface area contributed by atoms with Gasteiger partial charge in [-0.15, -0.1) is 0 Å². The molecule has 1 atom stereocenters. The molecule has 0 spiro atoms. The zero-order valence-corrected chi connectivity index (χ0v) is 12.0. The van der Waals surface area contributed by atoms with Gasteiger partial charge >= 0.3 is 5.97 Å². The van der Waals surface area contributed by atoms with Crippen molar-refractivity contribution in [3.05, 3.63) is 0 Å². The summed E-state index contributed by atoms with van der Waals surface area (Å²) in [6.45, 7) is 5.71. The topological polar surface area (TPSA) is 83.9 Å². The summed E-state index contributed by atoms with van der Waals surface area (Å²) in [6, 6.07) is -0.137. The molecule has 0 radical (unpaired) electrons. The number of likely N-dealkylation sites (N-methyl/N-ethyl adjacent to an activating group) is 1. The van der Waals surface area contributed by atoms with E-state index < -0.39 is 10.1 Å². The number of rotatable bonds is 5. The van der Waals surface area contributed by atoms with Crippen molar-refractivity contribution >= 4 is 16.1 Å². The highest BCUT2D eigenvalue weighted by Crippen LogP contribution is 1.95. The maximum atomic E-state index is 11.1. The summed E-state index contributed by atoms with van der Waals surface area (Å²) in [5.41, 5.74) is 0. The summed E-state index contributed by atoms with van der Waals surface area (Å²) in [7, 11) is 0.0560. The van der Waals surface area contributed by atoms with Crippen molar-refractivity contribution in [2.24, 2.45) is 0 Å². The smallest absolute Gasteiger partial charge is 0.323 e. The third kappa shape index (κ3) is 15.3. The van der Waals surface area contributed by atoms with Crippen molar-refractivity contribution < 1.29 is 22.5 Å². The molecule has 0 amide bonds. The Morgan fingerprint density at radius 2 is 1.72 bits per heavy atom. The van der Waals surface area contributed by atoms with Gasteiger partial charge in [0.2, 0.25) is 0 Å². The average Bonchev–Trinajstić information content (AvgIpc) is 2.24. The first kappa shape index (κ1) is 22.5. The van der Waals surface area contributed by atoms with Gasteiger partial charge in [-0.3, -0.25) is 14.2 Å². The molecule has 0 aliphatic carbocycles. The van der Waals surface area contributed by atoms with Crippen molar-refractivity contribution in [2.75, 3.05) is 26.5 Å². The Hall–Kier alpha value is -0.660. The molecule has 0 rings (SSSR count). The quantitative estimate of drug-likeness (QED) is 0.607. The third-order valence-corrected chi connectivity index (χ3v) is 2.66. The average molecular weight is 285 g/mol. The van der Waals surface area contributed by atoms with Crippen LogP contribution in [0.1, 0.15) is 34.6 Å². The van der Waals surface area contributed by atoms with E-state index in [1.807, 2.05) is 32.8 Å². The number of carbonyl (C=O) groups is 1. The molecule has 0 aromatic heterocycles. The molecule has 0 aliphatic rings. The van der Waals surface area contributed by atoms with Gasteiger partial charge in [-0.25, -0.2) is 0 Å². The Morgan fingerprint density at radius 3 is 1.94 bits per heavy atom. The van der Waals surface area contributed by atoms with Crippen LogP contribution in [0, 0.1) is 0 Å². The molecule has 18 heavy (non-hydrogen) atoms. The standard InChI is InChI=1S/C8H17NO2.C2H6O3S.CH4/c1-5-6-11-8(10)7(2)9(3)4;1-2-6(3,4)5;/h7H,5-6H2,1-4H3;2H2,1H3,(H,3,4,5);1H4. The lowest BCUT2D eigenvalue weighted by Gasteiger charge is -2.17. The zero-order chi connectivity index (χ0) is 14.1. The largest absolute Gasteiger partial charge is 0.465 e. The molecule has 0 saturated carbocycles. The summed E-state index contributed by atoms with van der Waals surface area (Å²) in [5.74, 6) is -0.343. The van der Waals surface area contributed by atoms with Crippen molar-refractivity contribution in [3.63, 3.8) is 0 Å². The monoisotopic (exact) mass is 285 g/mol. The second-order valence-corrected chi connectivity index (χ2v) is 5.42. The molecule has 7 heteroatoms. The lowest BCUT2D eigenvalue weighted by molar-refractivity contribution is -0.148. The molecule has 6 nitrogen and oxygen atoms in total. The van der Waals surface area contributed by atoms with Crippen LogP contribution in [0.5, 0.6) is 0 Å². The maximum Gasteiger partial charge on any atom is 0.323 e. The molecule has 0 fully saturated rings. The molecule has 112 valence electrons. The summed E-state index contributed by atoms with van der Waals surface area (Å²) in [6.07, 6.45) is 0.881. The first-order valence-electron chi connectivity index (χ1n) is 5.43. The van der Waals surface area contributed by atoms with Gasteiger partial charge in [-0.2, -0.15) is 8.42 Å².